The van der Waals surface area contributed by atoms with Crippen LogP contribution in [0.1, 0.15) is 44.0 Å². The molecule has 0 aliphatic carbocycles. The SMILES string of the molecule is CC(C)C[C@@H](NC(N)=O)C(=O)N1CCC[C@H](c2nc3ccccc3s2)C1. The number of benzene rings is 1. The minimum atomic E-state index is -0.649. The van der Waals surface area contributed by atoms with Gasteiger partial charge in [0.05, 0.1) is 15.2 Å². The number of likely N-dealkylation sites (tertiary alicyclic amines) is 1. The second kappa shape index (κ2) is 8.03. The van der Waals surface area contributed by atoms with Gasteiger partial charge in [0.2, 0.25) is 5.91 Å². The number of urea groups is 1. The van der Waals surface area contributed by atoms with Crippen LogP contribution in [-0.2, 0) is 4.79 Å². The van der Waals surface area contributed by atoms with E-state index >= 15 is 0 Å². The number of amides is 3. The molecule has 7 heteroatoms. The van der Waals surface area contributed by atoms with Gasteiger partial charge < -0.3 is 16.0 Å². The van der Waals surface area contributed by atoms with Crippen LogP contribution in [0, 0.1) is 5.92 Å². The summed E-state index contributed by atoms with van der Waals surface area (Å²) in [7, 11) is 0. The third kappa shape index (κ3) is 4.33. The lowest BCUT2D eigenvalue weighted by Crippen LogP contribution is -2.52. The van der Waals surface area contributed by atoms with E-state index in [9.17, 15) is 9.59 Å². The molecule has 1 aromatic heterocycles. The average Bonchev–Trinajstić information content (AvgIpc) is 3.04. The molecule has 1 aliphatic rings. The predicted molar refractivity (Wildman–Crippen MR) is 104 cm³/mol. The summed E-state index contributed by atoms with van der Waals surface area (Å²) < 4.78 is 1.18. The molecule has 3 N–H and O–H groups in total. The Hall–Kier alpha value is -2.15. The molecule has 3 amide bonds. The van der Waals surface area contributed by atoms with Gasteiger partial charge in [-0.2, -0.15) is 0 Å². The quantitative estimate of drug-likeness (QED) is 0.843. The Morgan fingerprint density at radius 1 is 1.38 bits per heavy atom. The fourth-order valence-electron chi connectivity index (χ4n) is 3.53. The van der Waals surface area contributed by atoms with Gasteiger partial charge in [-0.3, -0.25) is 4.79 Å². The van der Waals surface area contributed by atoms with Gasteiger partial charge in [0.25, 0.3) is 0 Å². The van der Waals surface area contributed by atoms with Crippen LogP contribution in [0.4, 0.5) is 4.79 Å². The first-order valence-corrected chi connectivity index (χ1v) is 9.96. The molecular weight excluding hydrogens is 348 g/mol. The van der Waals surface area contributed by atoms with Crippen LogP contribution >= 0.6 is 11.3 Å². The summed E-state index contributed by atoms with van der Waals surface area (Å²) in [5.41, 5.74) is 6.29. The number of thiazole rings is 1. The number of aromatic nitrogens is 1. The molecule has 2 atom stereocenters. The Balaban J connectivity index is 1.73. The Morgan fingerprint density at radius 2 is 2.15 bits per heavy atom. The van der Waals surface area contributed by atoms with Crippen molar-refractivity contribution in [2.45, 2.75) is 45.1 Å². The van der Waals surface area contributed by atoms with Crippen LogP contribution in [0.25, 0.3) is 10.2 Å². The normalized spacial score (nSPS) is 18.9. The monoisotopic (exact) mass is 374 g/mol. The van der Waals surface area contributed by atoms with E-state index in [1.807, 2.05) is 36.9 Å². The minimum absolute atomic E-state index is 0.0386. The number of carbonyl (C=O) groups is 2. The van der Waals surface area contributed by atoms with E-state index in [1.54, 1.807) is 11.3 Å². The van der Waals surface area contributed by atoms with Crippen molar-refractivity contribution >= 4 is 33.5 Å². The van der Waals surface area contributed by atoms with Crippen molar-refractivity contribution in [3.8, 4) is 0 Å². The summed E-state index contributed by atoms with van der Waals surface area (Å²) in [6, 6.07) is 6.92. The molecule has 0 radical (unpaired) electrons. The van der Waals surface area contributed by atoms with Crippen LogP contribution in [-0.4, -0.2) is 41.0 Å². The molecule has 1 saturated heterocycles. The Bertz CT molecular complexity index is 756. The fraction of sp³-hybridized carbons (Fsp3) is 0.526. The number of primary amides is 1. The lowest BCUT2D eigenvalue weighted by Gasteiger charge is -2.34. The summed E-state index contributed by atoms with van der Waals surface area (Å²) in [6.45, 7) is 5.43. The third-order valence-electron chi connectivity index (χ3n) is 4.71. The molecule has 2 aromatic rings. The lowest BCUT2D eigenvalue weighted by molar-refractivity contribution is -0.134. The number of hydrogen-bond acceptors (Lipinski definition) is 4. The van der Waals surface area contributed by atoms with Crippen molar-refractivity contribution in [3.63, 3.8) is 0 Å². The summed E-state index contributed by atoms with van der Waals surface area (Å²) in [4.78, 5) is 30.9. The topological polar surface area (TPSA) is 88.3 Å². The number of nitrogens with zero attached hydrogens (tertiary/aromatic N) is 2. The number of fused-ring (bicyclic) bond motifs is 1. The number of hydrogen-bond donors (Lipinski definition) is 2. The second-order valence-electron chi connectivity index (χ2n) is 7.33. The second-order valence-corrected chi connectivity index (χ2v) is 8.40. The molecule has 1 fully saturated rings. The first-order valence-electron chi connectivity index (χ1n) is 9.14. The maximum Gasteiger partial charge on any atom is 0.312 e. The van der Waals surface area contributed by atoms with Gasteiger partial charge in [0.15, 0.2) is 0 Å². The van der Waals surface area contributed by atoms with Crippen molar-refractivity contribution < 1.29 is 9.59 Å². The highest BCUT2D eigenvalue weighted by molar-refractivity contribution is 7.18. The number of rotatable bonds is 5. The summed E-state index contributed by atoms with van der Waals surface area (Å²) >= 11 is 1.71. The van der Waals surface area contributed by atoms with E-state index in [1.165, 1.54) is 4.70 Å². The smallest absolute Gasteiger partial charge is 0.312 e. The highest BCUT2D eigenvalue weighted by Crippen LogP contribution is 2.33. The zero-order valence-electron chi connectivity index (χ0n) is 15.3. The molecule has 6 nitrogen and oxygen atoms in total. The Labute approximate surface area is 157 Å². The first-order chi connectivity index (χ1) is 12.4. The lowest BCUT2D eigenvalue weighted by atomic mass is 9.96. The largest absolute Gasteiger partial charge is 0.352 e. The van der Waals surface area contributed by atoms with Gasteiger partial charge in [0.1, 0.15) is 6.04 Å². The molecule has 3 rings (SSSR count). The van der Waals surface area contributed by atoms with E-state index < -0.39 is 12.1 Å². The van der Waals surface area contributed by atoms with Gasteiger partial charge in [-0.05, 0) is 37.3 Å². The van der Waals surface area contributed by atoms with Crippen molar-refractivity contribution in [2.75, 3.05) is 13.1 Å². The van der Waals surface area contributed by atoms with E-state index in [4.69, 9.17) is 10.7 Å². The van der Waals surface area contributed by atoms with Crippen molar-refractivity contribution in [3.05, 3.63) is 29.3 Å². The van der Waals surface area contributed by atoms with Crippen LogP contribution in [0.15, 0.2) is 24.3 Å². The number of carbonyl (C=O) groups excluding carboxylic acids is 2. The van der Waals surface area contributed by atoms with Crippen LogP contribution in [0.2, 0.25) is 0 Å². The molecule has 140 valence electrons. The summed E-state index contributed by atoms with van der Waals surface area (Å²) in [5, 5.41) is 3.71. The van der Waals surface area contributed by atoms with E-state index in [2.05, 4.69) is 11.4 Å². The van der Waals surface area contributed by atoms with Gasteiger partial charge >= 0.3 is 6.03 Å². The number of para-hydroxylation sites is 1. The molecule has 0 spiro atoms. The van der Waals surface area contributed by atoms with E-state index in [-0.39, 0.29) is 11.8 Å². The van der Waals surface area contributed by atoms with Gasteiger partial charge in [-0.25, -0.2) is 9.78 Å². The van der Waals surface area contributed by atoms with Gasteiger partial charge in [-0.15, -0.1) is 11.3 Å². The molecule has 0 bridgehead atoms. The molecule has 1 aromatic carbocycles. The summed E-state index contributed by atoms with van der Waals surface area (Å²) in [5.74, 6) is 0.502. The van der Waals surface area contributed by atoms with Crippen molar-refractivity contribution in [1.29, 1.82) is 0 Å². The fourth-order valence-corrected chi connectivity index (χ4v) is 4.62. The molecular formula is C19H26N4O2S. The molecule has 2 heterocycles. The zero-order chi connectivity index (χ0) is 18.7. The minimum Gasteiger partial charge on any atom is -0.352 e. The van der Waals surface area contributed by atoms with Crippen LogP contribution in [0.3, 0.4) is 0 Å². The highest BCUT2D eigenvalue weighted by Gasteiger charge is 2.31. The Kier molecular flexibility index (Phi) is 5.76. The molecule has 1 aliphatic heterocycles. The first kappa shape index (κ1) is 18.6. The average molecular weight is 375 g/mol. The maximum atomic E-state index is 13.0. The predicted octanol–water partition coefficient (Wildman–Crippen LogP) is 3.09. The zero-order valence-corrected chi connectivity index (χ0v) is 16.1. The van der Waals surface area contributed by atoms with E-state index in [0.717, 1.165) is 29.9 Å². The maximum absolute atomic E-state index is 13.0. The van der Waals surface area contributed by atoms with Crippen LogP contribution < -0.4 is 11.1 Å². The molecule has 26 heavy (non-hydrogen) atoms. The third-order valence-corrected chi connectivity index (χ3v) is 5.91. The summed E-state index contributed by atoms with van der Waals surface area (Å²) in [6.07, 6.45) is 2.56. The standard InChI is InChI=1S/C19H26N4O2S/c1-12(2)10-15(22-19(20)25)18(24)23-9-5-6-13(11-23)17-21-14-7-3-4-8-16(14)26-17/h3-4,7-8,12-13,15H,5-6,9-11H2,1-2H3,(H3,20,22,25)/t13-,15+/m0/s1. The van der Waals surface area contributed by atoms with E-state index in [0.29, 0.717) is 18.9 Å². The van der Waals surface area contributed by atoms with Gasteiger partial charge in [0, 0.05) is 19.0 Å². The number of nitrogens with one attached hydrogen (secondary N) is 1. The number of piperidine rings is 1. The van der Waals surface area contributed by atoms with Crippen LogP contribution in [0.5, 0.6) is 0 Å². The Morgan fingerprint density at radius 3 is 2.85 bits per heavy atom. The van der Waals surface area contributed by atoms with Crippen molar-refractivity contribution in [1.82, 2.24) is 15.2 Å². The number of nitrogens with two attached hydrogens (primary N) is 1. The van der Waals surface area contributed by atoms with Gasteiger partial charge in [-0.1, -0.05) is 26.0 Å². The molecule has 0 saturated carbocycles. The van der Waals surface area contributed by atoms with Crippen molar-refractivity contribution in [2.24, 2.45) is 11.7 Å². The molecule has 0 unspecified atom stereocenters. The highest BCUT2D eigenvalue weighted by atomic mass is 32.1.